The van der Waals surface area contributed by atoms with E-state index >= 15 is 0 Å². The Hall–Kier alpha value is -0.330. The van der Waals surface area contributed by atoms with Gasteiger partial charge in [-0.15, -0.1) is 0 Å². The summed E-state index contributed by atoms with van der Waals surface area (Å²) in [5.41, 5.74) is 0.471. The molecule has 1 atom stereocenters. The number of hydrogen-bond donors (Lipinski definition) is 0. The lowest BCUT2D eigenvalue weighted by Gasteiger charge is -2.24. The first-order valence-corrected chi connectivity index (χ1v) is 5.97. The molecule has 0 aliphatic rings. The molecule has 0 saturated carbocycles. The molecule has 0 spiro atoms. The van der Waals surface area contributed by atoms with Crippen LogP contribution in [0, 0.1) is 11.3 Å². The second-order valence-corrected chi connectivity index (χ2v) is 5.27. The number of carbonyl (C=O) groups is 1. The van der Waals surface area contributed by atoms with Crippen molar-refractivity contribution in [2.24, 2.45) is 11.3 Å². The summed E-state index contributed by atoms with van der Waals surface area (Å²) in [4.78, 5) is 10.4. The molecule has 0 aliphatic heterocycles. The largest absolute Gasteiger partial charge is 0.303 e. The molecular formula is C13H26O. The third-order valence-electron chi connectivity index (χ3n) is 2.95. The van der Waals surface area contributed by atoms with Crippen molar-refractivity contribution in [3.8, 4) is 0 Å². The Labute approximate surface area is 89.3 Å². The van der Waals surface area contributed by atoms with E-state index in [4.69, 9.17) is 0 Å². The molecule has 0 aromatic carbocycles. The Morgan fingerprint density at radius 2 is 1.79 bits per heavy atom. The van der Waals surface area contributed by atoms with Gasteiger partial charge in [0.05, 0.1) is 0 Å². The Morgan fingerprint density at radius 3 is 2.29 bits per heavy atom. The number of hydrogen-bond acceptors (Lipinski definition) is 1. The summed E-state index contributed by atoms with van der Waals surface area (Å²) in [5, 5.41) is 0. The minimum Gasteiger partial charge on any atom is -0.303 e. The Bertz CT molecular complexity index is 149. The monoisotopic (exact) mass is 198 g/mol. The average molecular weight is 198 g/mol. The third-order valence-corrected chi connectivity index (χ3v) is 2.95. The van der Waals surface area contributed by atoms with Crippen LogP contribution in [0.1, 0.15) is 66.2 Å². The normalized spacial score (nSPS) is 14.0. The van der Waals surface area contributed by atoms with E-state index in [1.54, 1.807) is 0 Å². The van der Waals surface area contributed by atoms with Crippen molar-refractivity contribution in [3.05, 3.63) is 0 Å². The lowest BCUT2D eigenvalue weighted by Crippen LogP contribution is -2.11. The molecule has 0 radical (unpaired) electrons. The predicted octanol–water partition coefficient (Wildman–Crippen LogP) is 4.21. The molecule has 0 fully saturated rings. The first kappa shape index (κ1) is 13.7. The molecule has 0 aliphatic carbocycles. The zero-order valence-corrected chi connectivity index (χ0v) is 10.3. The van der Waals surface area contributed by atoms with E-state index < -0.39 is 0 Å². The summed E-state index contributed by atoms with van der Waals surface area (Å²) >= 11 is 0. The van der Waals surface area contributed by atoms with Crippen LogP contribution in [0.2, 0.25) is 0 Å². The number of rotatable bonds is 8. The van der Waals surface area contributed by atoms with E-state index in [9.17, 15) is 4.79 Å². The van der Waals surface area contributed by atoms with Gasteiger partial charge in [0.25, 0.3) is 0 Å². The van der Waals surface area contributed by atoms with Crippen LogP contribution in [0.15, 0.2) is 0 Å². The molecule has 14 heavy (non-hydrogen) atoms. The minimum atomic E-state index is 0.247. The van der Waals surface area contributed by atoms with Crippen LogP contribution in [0.3, 0.4) is 0 Å². The molecule has 0 aromatic rings. The van der Waals surface area contributed by atoms with Gasteiger partial charge in [-0.3, -0.25) is 0 Å². The topological polar surface area (TPSA) is 17.1 Å². The lowest BCUT2D eigenvalue weighted by atomic mass is 9.81. The van der Waals surface area contributed by atoms with Crippen LogP contribution >= 0.6 is 0 Å². The van der Waals surface area contributed by atoms with Crippen LogP contribution in [0.5, 0.6) is 0 Å². The van der Waals surface area contributed by atoms with Gasteiger partial charge < -0.3 is 4.79 Å². The maximum Gasteiger partial charge on any atom is 0.122 e. The van der Waals surface area contributed by atoms with Gasteiger partial charge in [-0.1, -0.05) is 47.0 Å². The van der Waals surface area contributed by atoms with Crippen LogP contribution in [-0.2, 0) is 4.79 Å². The van der Waals surface area contributed by atoms with Crippen molar-refractivity contribution in [1.82, 2.24) is 0 Å². The van der Waals surface area contributed by atoms with Gasteiger partial charge in [0.2, 0.25) is 0 Å². The molecule has 0 rings (SSSR count). The molecule has 0 heterocycles. The molecule has 0 saturated heterocycles. The van der Waals surface area contributed by atoms with E-state index in [1.807, 2.05) is 6.92 Å². The van der Waals surface area contributed by atoms with E-state index in [1.165, 1.54) is 32.1 Å². The van der Waals surface area contributed by atoms with Gasteiger partial charge >= 0.3 is 0 Å². The fourth-order valence-electron chi connectivity index (χ4n) is 1.75. The minimum absolute atomic E-state index is 0.247. The highest BCUT2D eigenvalue weighted by Crippen LogP contribution is 2.29. The molecule has 1 nitrogen and oxygen atoms in total. The maximum atomic E-state index is 10.4. The Morgan fingerprint density at radius 1 is 1.21 bits per heavy atom. The first-order valence-electron chi connectivity index (χ1n) is 5.97. The molecular weight excluding hydrogens is 172 g/mol. The van der Waals surface area contributed by atoms with Gasteiger partial charge in [-0.25, -0.2) is 0 Å². The summed E-state index contributed by atoms with van der Waals surface area (Å²) in [6, 6.07) is 0. The van der Waals surface area contributed by atoms with Crippen LogP contribution in [-0.4, -0.2) is 6.29 Å². The number of unbranched alkanes of at least 4 members (excludes halogenated alkanes) is 1. The van der Waals surface area contributed by atoms with Crippen LogP contribution in [0.25, 0.3) is 0 Å². The summed E-state index contributed by atoms with van der Waals surface area (Å²) in [7, 11) is 0. The van der Waals surface area contributed by atoms with Crippen LogP contribution in [0.4, 0.5) is 0 Å². The van der Waals surface area contributed by atoms with Gasteiger partial charge in [0.15, 0.2) is 0 Å². The van der Waals surface area contributed by atoms with Crippen molar-refractivity contribution >= 4 is 6.29 Å². The standard InChI is InChI=1S/C13H26O/c1-5-6-9-13(3,4)10-7-8-12(2)11-14/h11-12H,5-10H2,1-4H3. The molecule has 0 N–H and O–H groups in total. The zero-order chi connectivity index (χ0) is 11.0. The predicted molar refractivity (Wildman–Crippen MR) is 62.4 cm³/mol. The molecule has 84 valence electrons. The quantitative estimate of drug-likeness (QED) is 0.534. The molecule has 1 heteroatoms. The van der Waals surface area contributed by atoms with Gasteiger partial charge in [-0.05, 0) is 24.7 Å². The summed E-state index contributed by atoms with van der Waals surface area (Å²) in [6.45, 7) is 8.93. The third kappa shape index (κ3) is 7.11. The van der Waals surface area contributed by atoms with Gasteiger partial charge in [-0.2, -0.15) is 0 Å². The van der Waals surface area contributed by atoms with Crippen molar-refractivity contribution in [3.63, 3.8) is 0 Å². The van der Waals surface area contributed by atoms with Crippen molar-refractivity contribution in [2.45, 2.75) is 66.2 Å². The molecule has 1 unspecified atom stereocenters. The van der Waals surface area contributed by atoms with Gasteiger partial charge in [0, 0.05) is 5.92 Å². The molecule has 0 aromatic heterocycles. The highest BCUT2D eigenvalue weighted by atomic mass is 16.1. The summed E-state index contributed by atoms with van der Waals surface area (Å²) in [5.74, 6) is 0.247. The second kappa shape index (κ2) is 7.03. The maximum absolute atomic E-state index is 10.4. The highest BCUT2D eigenvalue weighted by molar-refractivity contribution is 5.52. The Kier molecular flexibility index (Phi) is 6.86. The molecule has 0 bridgehead atoms. The van der Waals surface area contributed by atoms with Crippen molar-refractivity contribution in [1.29, 1.82) is 0 Å². The van der Waals surface area contributed by atoms with Crippen LogP contribution < -0.4 is 0 Å². The number of carbonyl (C=O) groups excluding carboxylic acids is 1. The SMILES string of the molecule is CCCCC(C)(C)CCCC(C)C=O. The fourth-order valence-corrected chi connectivity index (χ4v) is 1.75. The Balaban J connectivity index is 3.59. The van der Waals surface area contributed by atoms with Crippen molar-refractivity contribution in [2.75, 3.05) is 0 Å². The van der Waals surface area contributed by atoms with Gasteiger partial charge in [0.1, 0.15) is 6.29 Å². The zero-order valence-electron chi connectivity index (χ0n) is 10.3. The van der Waals surface area contributed by atoms with E-state index in [0.717, 1.165) is 12.7 Å². The van der Waals surface area contributed by atoms with E-state index in [-0.39, 0.29) is 5.92 Å². The van der Waals surface area contributed by atoms with E-state index in [2.05, 4.69) is 20.8 Å². The average Bonchev–Trinajstić information content (AvgIpc) is 2.14. The highest BCUT2D eigenvalue weighted by Gasteiger charge is 2.16. The summed E-state index contributed by atoms with van der Waals surface area (Å²) in [6.07, 6.45) is 8.50. The molecule has 0 amide bonds. The fraction of sp³-hybridized carbons (Fsp3) is 0.923. The number of aldehydes is 1. The first-order chi connectivity index (χ1) is 6.52. The smallest absolute Gasteiger partial charge is 0.122 e. The summed E-state index contributed by atoms with van der Waals surface area (Å²) < 4.78 is 0. The lowest BCUT2D eigenvalue weighted by molar-refractivity contribution is -0.110. The van der Waals surface area contributed by atoms with E-state index in [0.29, 0.717) is 5.41 Å². The van der Waals surface area contributed by atoms with Crippen molar-refractivity contribution < 1.29 is 4.79 Å². The second-order valence-electron chi connectivity index (χ2n) is 5.27.